The van der Waals surface area contributed by atoms with Crippen molar-refractivity contribution in [3.8, 4) is 11.5 Å². The van der Waals surface area contributed by atoms with Crippen LogP contribution in [0.3, 0.4) is 0 Å². The van der Waals surface area contributed by atoms with E-state index < -0.39 is 0 Å². The molecule has 0 radical (unpaired) electrons. The van der Waals surface area contributed by atoms with E-state index >= 15 is 0 Å². The largest absolute Gasteiger partial charge is 0.508 e. The minimum atomic E-state index is 0.0880. The summed E-state index contributed by atoms with van der Waals surface area (Å²) in [6, 6.07) is 5.85. The molecule has 0 aliphatic carbocycles. The number of benzene rings is 1. The van der Waals surface area contributed by atoms with Crippen molar-refractivity contribution < 1.29 is 24.4 Å². The van der Waals surface area contributed by atoms with Crippen LogP contribution in [-0.4, -0.2) is 48.8 Å². The second kappa shape index (κ2) is 7.07. The third kappa shape index (κ3) is 4.37. The van der Waals surface area contributed by atoms with Gasteiger partial charge in [0.2, 0.25) is 0 Å². The Bertz CT molecular complexity index is 467. The molecular weight excluding hydrogens is 296 g/mol. The van der Waals surface area contributed by atoms with Gasteiger partial charge in [-0.15, -0.1) is 0 Å². The van der Waals surface area contributed by atoms with Crippen molar-refractivity contribution in [1.29, 1.82) is 0 Å². The number of ether oxygens (including phenoxy) is 3. The fourth-order valence-electron chi connectivity index (χ4n) is 2.45. The van der Waals surface area contributed by atoms with E-state index in [1.807, 2.05) is 0 Å². The summed E-state index contributed by atoms with van der Waals surface area (Å²) in [5.41, 5.74) is 0.435. The quantitative estimate of drug-likeness (QED) is 0.891. The molecule has 5 heteroatoms. The molecule has 0 spiro atoms. The Labute approximate surface area is 138 Å². The van der Waals surface area contributed by atoms with Crippen LogP contribution in [0.25, 0.3) is 0 Å². The molecule has 2 fully saturated rings. The van der Waals surface area contributed by atoms with E-state index in [0.29, 0.717) is 0 Å². The minimum absolute atomic E-state index is 0.0880. The van der Waals surface area contributed by atoms with Crippen molar-refractivity contribution in [3.63, 3.8) is 0 Å². The smallest absolute Gasteiger partial charge is 0.119 e. The van der Waals surface area contributed by atoms with E-state index in [0.717, 1.165) is 26.4 Å². The van der Waals surface area contributed by atoms with Crippen LogP contribution in [0.15, 0.2) is 24.3 Å². The molecule has 5 nitrogen and oxygen atoms in total. The summed E-state index contributed by atoms with van der Waals surface area (Å²) in [6.45, 7) is 12.1. The second-order valence-corrected chi connectivity index (χ2v) is 7.23. The fraction of sp³-hybridized carbons (Fsp3) is 0.667. The van der Waals surface area contributed by atoms with Crippen molar-refractivity contribution in [2.45, 2.75) is 39.9 Å². The highest BCUT2D eigenvalue weighted by Crippen LogP contribution is 2.38. The summed E-state index contributed by atoms with van der Waals surface area (Å²) in [5.74, 6) is 0.176. The van der Waals surface area contributed by atoms with E-state index in [9.17, 15) is 0 Å². The van der Waals surface area contributed by atoms with Crippen LogP contribution >= 0.6 is 0 Å². The Morgan fingerprint density at radius 1 is 0.913 bits per heavy atom. The van der Waals surface area contributed by atoms with E-state index in [-0.39, 0.29) is 34.5 Å². The zero-order valence-electron chi connectivity index (χ0n) is 14.4. The first kappa shape index (κ1) is 18.0. The molecule has 2 atom stereocenters. The Balaban J connectivity index is 0.000000203. The van der Waals surface area contributed by atoms with Crippen LogP contribution in [0.4, 0.5) is 0 Å². The monoisotopic (exact) mass is 324 g/mol. The van der Waals surface area contributed by atoms with E-state index in [2.05, 4.69) is 27.7 Å². The molecule has 0 saturated carbocycles. The first-order chi connectivity index (χ1) is 10.8. The van der Waals surface area contributed by atoms with Crippen molar-refractivity contribution in [3.05, 3.63) is 24.3 Å². The molecule has 0 bridgehead atoms. The molecule has 3 rings (SSSR count). The number of rotatable bonds is 4. The van der Waals surface area contributed by atoms with Crippen LogP contribution < -0.4 is 0 Å². The van der Waals surface area contributed by atoms with Gasteiger partial charge in [0.25, 0.3) is 0 Å². The number of aromatic hydroxyl groups is 2. The molecule has 0 amide bonds. The summed E-state index contributed by atoms with van der Waals surface area (Å²) >= 11 is 0. The average molecular weight is 324 g/mol. The lowest BCUT2D eigenvalue weighted by Crippen LogP contribution is -2.54. The second-order valence-electron chi connectivity index (χ2n) is 7.23. The lowest BCUT2D eigenvalue weighted by molar-refractivity contribution is -0.229. The molecular formula is C18H28O5. The van der Waals surface area contributed by atoms with Crippen molar-refractivity contribution in [1.82, 2.24) is 0 Å². The summed E-state index contributed by atoms with van der Waals surface area (Å²) in [4.78, 5) is 0. The van der Waals surface area contributed by atoms with Crippen LogP contribution in [0.5, 0.6) is 11.5 Å². The normalized spacial score (nSPS) is 23.5. The summed E-state index contributed by atoms with van der Waals surface area (Å²) in [7, 11) is 0. The van der Waals surface area contributed by atoms with Gasteiger partial charge in [0.05, 0.1) is 38.6 Å². The molecule has 0 aromatic heterocycles. The highest BCUT2D eigenvalue weighted by Gasteiger charge is 2.45. The van der Waals surface area contributed by atoms with Gasteiger partial charge in [0, 0.05) is 16.9 Å². The third-order valence-electron chi connectivity index (χ3n) is 4.93. The van der Waals surface area contributed by atoms with Crippen LogP contribution in [0.2, 0.25) is 0 Å². The zero-order chi connectivity index (χ0) is 17.1. The maximum Gasteiger partial charge on any atom is 0.119 e. The van der Waals surface area contributed by atoms with Gasteiger partial charge in [-0.25, -0.2) is 0 Å². The third-order valence-corrected chi connectivity index (χ3v) is 4.93. The Kier molecular flexibility index (Phi) is 5.55. The summed E-state index contributed by atoms with van der Waals surface area (Å²) in [5, 5.41) is 17.3. The predicted octanol–water partition coefficient (Wildman–Crippen LogP) is 2.95. The van der Waals surface area contributed by atoms with Gasteiger partial charge in [-0.2, -0.15) is 0 Å². The number of phenolic OH excluding ortho intramolecular Hbond substituents is 2. The van der Waals surface area contributed by atoms with E-state index in [1.165, 1.54) is 18.2 Å². The Hall–Kier alpha value is -1.30. The first-order valence-corrected chi connectivity index (χ1v) is 8.04. The Morgan fingerprint density at radius 2 is 1.30 bits per heavy atom. The topological polar surface area (TPSA) is 68.2 Å². The Morgan fingerprint density at radius 3 is 1.52 bits per heavy atom. The number of hydrogen-bond acceptors (Lipinski definition) is 5. The molecule has 23 heavy (non-hydrogen) atoms. The van der Waals surface area contributed by atoms with Gasteiger partial charge in [-0.05, 0) is 26.0 Å². The molecule has 2 heterocycles. The first-order valence-electron chi connectivity index (χ1n) is 8.04. The molecule has 2 aliphatic rings. The van der Waals surface area contributed by atoms with Gasteiger partial charge in [-0.1, -0.05) is 19.9 Å². The van der Waals surface area contributed by atoms with E-state index in [4.69, 9.17) is 24.4 Å². The van der Waals surface area contributed by atoms with Crippen molar-refractivity contribution in [2.24, 2.45) is 10.8 Å². The number of hydrogen-bond donors (Lipinski definition) is 2. The molecule has 130 valence electrons. The summed E-state index contributed by atoms with van der Waals surface area (Å²) in [6.07, 6.45) is 0.525. The standard InChI is InChI=1S/C12H22O3.C6H6O2/c1-9(11(3)5-13-6-11)15-10(2)12(4)7-14-8-12;7-5-2-1-3-6(8)4-5/h9-10H,5-8H2,1-4H3;1-4,7-8H. The minimum Gasteiger partial charge on any atom is -0.508 e. The predicted molar refractivity (Wildman–Crippen MR) is 87.6 cm³/mol. The van der Waals surface area contributed by atoms with Crippen LogP contribution in [0.1, 0.15) is 27.7 Å². The van der Waals surface area contributed by atoms with Gasteiger partial charge in [0.15, 0.2) is 0 Å². The zero-order valence-corrected chi connectivity index (χ0v) is 14.4. The molecule has 2 saturated heterocycles. The van der Waals surface area contributed by atoms with Crippen LogP contribution in [-0.2, 0) is 14.2 Å². The maximum absolute atomic E-state index is 8.65. The summed E-state index contributed by atoms with van der Waals surface area (Å²) < 4.78 is 16.6. The average Bonchev–Trinajstić information content (AvgIpc) is 2.42. The maximum atomic E-state index is 8.65. The van der Waals surface area contributed by atoms with Gasteiger partial charge >= 0.3 is 0 Å². The van der Waals surface area contributed by atoms with Gasteiger partial charge < -0.3 is 24.4 Å². The SMILES string of the molecule is CC(OC(C)C1(C)COC1)C1(C)COC1.Oc1cccc(O)c1. The highest BCUT2D eigenvalue weighted by molar-refractivity contribution is 5.30. The van der Waals surface area contributed by atoms with Crippen molar-refractivity contribution in [2.75, 3.05) is 26.4 Å². The highest BCUT2D eigenvalue weighted by atomic mass is 16.5. The molecule has 1 aromatic rings. The lowest BCUT2D eigenvalue weighted by atomic mass is 9.80. The van der Waals surface area contributed by atoms with Crippen molar-refractivity contribution >= 4 is 0 Å². The van der Waals surface area contributed by atoms with Crippen LogP contribution in [0, 0.1) is 10.8 Å². The van der Waals surface area contributed by atoms with Gasteiger partial charge in [-0.3, -0.25) is 0 Å². The van der Waals surface area contributed by atoms with E-state index in [1.54, 1.807) is 6.07 Å². The molecule has 2 aliphatic heterocycles. The molecule has 2 N–H and O–H groups in total. The molecule has 2 unspecified atom stereocenters. The fourth-order valence-corrected chi connectivity index (χ4v) is 2.45. The number of phenols is 2. The van der Waals surface area contributed by atoms with Gasteiger partial charge in [0.1, 0.15) is 11.5 Å². The molecule has 1 aromatic carbocycles. The lowest BCUT2D eigenvalue weighted by Gasteiger charge is -2.48.